The smallest absolute Gasteiger partial charge is 0.235 e. The summed E-state index contributed by atoms with van der Waals surface area (Å²) in [5, 5.41) is 0. The summed E-state index contributed by atoms with van der Waals surface area (Å²) in [6.45, 7) is 3.87. The van der Waals surface area contributed by atoms with Gasteiger partial charge in [0, 0.05) is 18.1 Å². The first-order valence-corrected chi connectivity index (χ1v) is 4.50. The highest BCUT2D eigenvalue weighted by atomic mass is 16.1. The molecule has 0 amide bonds. The van der Waals surface area contributed by atoms with Gasteiger partial charge in [0.05, 0.1) is 11.3 Å². The molecule has 0 aliphatic carbocycles. The second-order valence-corrected chi connectivity index (χ2v) is 3.22. The summed E-state index contributed by atoms with van der Waals surface area (Å²) in [6, 6.07) is 0. The Kier molecular flexibility index (Phi) is 2.29. The molecule has 0 saturated carbocycles. The van der Waals surface area contributed by atoms with Crippen LogP contribution in [0, 0.1) is 13.8 Å². The van der Waals surface area contributed by atoms with Gasteiger partial charge in [-0.2, -0.15) is 0 Å². The minimum absolute atomic E-state index is 0.466. The number of carbonyl (C=O) groups is 1. The Morgan fingerprint density at radius 3 is 2.33 bits per heavy atom. The molecule has 2 rings (SSSR count). The van der Waals surface area contributed by atoms with Crippen molar-refractivity contribution in [1.82, 2.24) is 19.5 Å². The van der Waals surface area contributed by atoms with E-state index in [2.05, 4.69) is 15.0 Å². The zero-order valence-electron chi connectivity index (χ0n) is 8.51. The van der Waals surface area contributed by atoms with Crippen molar-refractivity contribution in [3.8, 4) is 5.95 Å². The van der Waals surface area contributed by atoms with E-state index in [4.69, 9.17) is 0 Å². The van der Waals surface area contributed by atoms with Gasteiger partial charge in [-0.25, -0.2) is 15.0 Å². The average molecular weight is 202 g/mol. The zero-order valence-corrected chi connectivity index (χ0v) is 8.51. The first-order chi connectivity index (χ1) is 7.22. The lowest BCUT2D eigenvalue weighted by Gasteiger charge is -2.02. The SMILES string of the molecule is Cc1ncn(-c2ncc(C=O)cn2)c1C. The van der Waals surface area contributed by atoms with Gasteiger partial charge >= 0.3 is 0 Å². The number of hydrogen-bond donors (Lipinski definition) is 0. The summed E-state index contributed by atoms with van der Waals surface area (Å²) >= 11 is 0. The van der Waals surface area contributed by atoms with E-state index >= 15 is 0 Å². The predicted octanol–water partition coefficient (Wildman–Crippen LogP) is 1.09. The van der Waals surface area contributed by atoms with Crippen molar-refractivity contribution in [1.29, 1.82) is 0 Å². The van der Waals surface area contributed by atoms with Gasteiger partial charge in [0.2, 0.25) is 5.95 Å². The second kappa shape index (κ2) is 3.61. The van der Waals surface area contributed by atoms with Gasteiger partial charge in [0.15, 0.2) is 6.29 Å². The van der Waals surface area contributed by atoms with E-state index in [-0.39, 0.29) is 0 Å². The topological polar surface area (TPSA) is 60.7 Å². The standard InChI is InChI=1S/C10H10N4O/c1-7-8(2)14(6-13-7)10-11-3-9(5-15)4-12-10/h3-6H,1-2H3. The van der Waals surface area contributed by atoms with Crippen molar-refractivity contribution in [2.24, 2.45) is 0 Å². The molecule has 2 aromatic rings. The van der Waals surface area contributed by atoms with Gasteiger partial charge in [-0.05, 0) is 13.8 Å². The van der Waals surface area contributed by atoms with Gasteiger partial charge in [0.1, 0.15) is 6.33 Å². The lowest BCUT2D eigenvalue weighted by Crippen LogP contribution is -2.02. The van der Waals surface area contributed by atoms with E-state index in [9.17, 15) is 4.79 Å². The fourth-order valence-electron chi connectivity index (χ4n) is 1.22. The maximum Gasteiger partial charge on any atom is 0.235 e. The molecule has 0 radical (unpaired) electrons. The van der Waals surface area contributed by atoms with E-state index in [0.29, 0.717) is 11.5 Å². The van der Waals surface area contributed by atoms with E-state index < -0.39 is 0 Å². The number of aryl methyl sites for hydroxylation is 1. The molecule has 5 heteroatoms. The molecule has 0 aliphatic rings. The molecule has 0 aromatic carbocycles. The molecule has 0 bridgehead atoms. The van der Waals surface area contributed by atoms with Gasteiger partial charge in [-0.3, -0.25) is 9.36 Å². The van der Waals surface area contributed by atoms with Gasteiger partial charge < -0.3 is 0 Å². The van der Waals surface area contributed by atoms with Crippen molar-refractivity contribution < 1.29 is 4.79 Å². The second-order valence-electron chi connectivity index (χ2n) is 3.22. The van der Waals surface area contributed by atoms with Crippen LogP contribution >= 0.6 is 0 Å². The van der Waals surface area contributed by atoms with Crippen LogP contribution in [0.2, 0.25) is 0 Å². The molecule has 0 N–H and O–H groups in total. The highest BCUT2D eigenvalue weighted by molar-refractivity contribution is 5.73. The predicted molar refractivity (Wildman–Crippen MR) is 54.0 cm³/mol. The van der Waals surface area contributed by atoms with E-state index in [0.717, 1.165) is 17.7 Å². The number of aldehydes is 1. The zero-order chi connectivity index (χ0) is 10.8. The summed E-state index contributed by atoms with van der Waals surface area (Å²) in [4.78, 5) is 22.7. The first kappa shape index (κ1) is 9.51. The summed E-state index contributed by atoms with van der Waals surface area (Å²) in [5.41, 5.74) is 2.40. The maximum absolute atomic E-state index is 10.4. The molecular formula is C10H10N4O. The van der Waals surface area contributed by atoms with Crippen LogP contribution in [0.4, 0.5) is 0 Å². The highest BCUT2D eigenvalue weighted by Gasteiger charge is 2.06. The summed E-state index contributed by atoms with van der Waals surface area (Å²) in [6.07, 6.45) is 5.37. The molecule has 2 heterocycles. The summed E-state index contributed by atoms with van der Waals surface area (Å²) in [7, 11) is 0. The van der Waals surface area contributed by atoms with Crippen molar-refractivity contribution in [3.63, 3.8) is 0 Å². The highest BCUT2D eigenvalue weighted by Crippen LogP contribution is 2.08. The molecule has 0 atom stereocenters. The van der Waals surface area contributed by atoms with Gasteiger partial charge in [-0.1, -0.05) is 0 Å². The maximum atomic E-state index is 10.4. The number of imidazole rings is 1. The molecule has 0 spiro atoms. The Morgan fingerprint density at radius 2 is 1.87 bits per heavy atom. The Morgan fingerprint density at radius 1 is 1.20 bits per heavy atom. The average Bonchev–Trinajstić information content (AvgIpc) is 2.60. The molecule has 0 aliphatic heterocycles. The summed E-state index contributed by atoms with van der Waals surface area (Å²) < 4.78 is 1.78. The Hall–Kier alpha value is -2.04. The molecule has 76 valence electrons. The van der Waals surface area contributed by atoms with Gasteiger partial charge in [0.25, 0.3) is 0 Å². The number of rotatable bonds is 2. The van der Waals surface area contributed by atoms with E-state index in [1.807, 2.05) is 13.8 Å². The third-order valence-electron chi connectivity index (χ3n) is 2.26. The lowest BCUT2D eigenvalue weighted by atomic mass is 10.4. The minimum Gasteiger partial charge on any atom is -0.298 e. The quantitative estimate of drug-likeness (QED) is 0.684. The monoisotopic (exact) mass is 202 g/mol. The van der Waals surface area contributed by atoms with Crippen LogP contribution in [-0.4, -0.2) is 25.8 Å². The molecule has 5 nitrogen and oxygen atoms in total. The molecule has 2 aromatic heterocycles. The normalized spacial score (nSPS) is 10.3. The van der Waals surface area contributed by atoms with Crippen LogP contribution in [0.1, 0.15) is 21.7 Å². The van der Waals surface area contributed by atoms with Crippen molar-refractivity contribution >= 4 is 6.29 Å². The molecular weight excluding hydrogens is 192 g/mol. The lowest BCUT2D eigenvalue weighted by molar-refractivity contribution is 0.112. The minimum atomic E-state index is 0.466. The largest absolute Gasteiger partial charge is 0.298 e. The van der Waals surface area contributed by atoms with Crippen LogP contribution in [0.5, 0.6) is 0 Å². The van der Waals surface area contributed by atoms with Crippen molar-refractivity contribution in [3.05, 3.63) is 35.7 Å². The Labute approximate surface area is 86.8 Å². The third kappa shape index (κ3) is 1.63. The van der Waals surface area contributed by atoms with E-state index in [1.54, 1.807) is 10.9 Å². The third-order valence-corrected chi connectivity index (χ3v) is 2.26. The molecule has 15 heavy (non-hydrogen) atoms. The number of hydrogen-bond acceptors (Lipinski definition) is 4. The van der Waals surface area contributed by atoms with Crippen LogP contribution in [0.25, 0.3) is 5.95 Å². The molecule has 0 fully saturated rings. The van der Waals surface area contributed by atoms with Crippen molar-refractivity contribution in [2.45, 2.75) is 13.8 Å². The summed E-state index contributed by atoms with van der Waals surface area (Å²) in [5.74, 6) is 0.527. The molecule has 0 unspecified atom stereocenters. The fraction of sp³-hybridized carbons (Fsp3) is 0.200. The Bertz CT molecular complexity index is 487. The van der Waals surface area contributed by atoms with Crippen LogP contribution in [0.15, 0.2) is 18.7 Å². The number of aromatic nitrogens is 4. The first-order valence-electron chi connectivity index (χ1n) is 4.50. The number of carbonyl (C=O) groups excluding carboxylic acids is 1. The fourth-order valence-corrected chi connectivity index (χ4v) is 1.22. The van der Waals surface area contributed by atoms with Crippen LogP contribution < -0.4 is 0 Å². The van der Waals surface area contributed by atoms with Crippen LogP contribution in [-0.2, 0) is 0 Å². The molecule has 0 saturated heterocycles. The van der Waals surface area contributed by atoms with E-state index in [1.165, 1.54) is 12.4 Å². The van der Waals surface area contributed by atoms with Gasteiger partial charge in [-0.15, -0.1) is 0 Å². The van der Waals surface area contributed by atoms with Crippen LogP contribution in [0.3, 0.4) is 0 Å². The number of nitrogens with zero attached hydrogens (tertiary/aromatic N) is 4. The Balaban J connectivity index is 2.45. The van der Waals surface area contributed by atoms with Crippen molar-refractivity contribution in [2.75, 3.05) is 0 Å².